The van der Waals surface area contributed by atoms with E-state index in [9.17, 15) is 26.4 Å². The molecule has 0 spiro atoms. The van der Waals surface area contributed by atoms with Gasteiger partial charge < -0.3 is 13.3 Å². The second-order valence-corrected chi connectivity index (χ2v) is 5.28. The number of hydrogen-bond donors (Lipinski definition) is 0. The molecule has 1 aromatic heterocycles. The van der Waals surface area contributed by atoms with Crippen molar-refractivity contribution in [3.8, 4) is 11.5 Å². The van der Waals surface area contributed by atoms with Crippen LogP contribution in [0.15, 0.2) is 33.5 Å². The van der Waals surface area contributed by atoms with Crippen molar-refractivity contribution in [1.29, 1.82) is 0 Å². The SMILES string of the molecule is COc1cccc2oc(=O)cc(OS(=O)(=O)C(F)(F)F)c12. The molecule has 6 nitrogen and oxygen atoms in total. The first kappa shape index (κ1) is 15.2. The van der Waals surface area contributed by atoms with Crippen molar-refractivity contribution < 1.29 is 34.9 Å². The van der Waals surface area contributed by atoms with Crippen LogP contribution in [0.25, 0.3) is 11.0 Å². The molecule has 0 unspecified atom stereocenters. The van der Waals surface area contributed by atoms with Gasteiger partial charge in [0.2, 0.25) is 0 Å². The second-order valence-electron chi connectivity index (χ2n) is 3.75. The van der Waals surface area contributed by atoms with Crippen LogP contribution in [0.3, 0.4) is 0 Å². The smallest absolute Gasteiger partial charge is 0.496 e. The highest BCUT2D eigenvalue weighted by Gasteiger charge is 2.49. The largest absolute Gasteiger partial charge is 0.534 e. The molecule has 2 rings (SSSR count). The number of alkyl halides is 3. The Morgan fingerprint density at radius 3 is 2.43 bits per heavy atom. The standard InChI is InChI=1S/C11H7F3O6S/c1-18-6-3-2-4-7-10(6)8(5-9(15)19-7)20-21(16,17)11(12,13)14/h2-5H,1H3. The number of ether oxygens (including phenoxy) is 1. The molecule has 114 valence electrons. The lowest BCUT2D eigenvalue weighted by Crippen LogP contribution is -2.28. The van der Waals surface area contributed by atoms with Gasteiger partial charge in [0.15, 0.2) is 5.75 Å². The van der Waals surface area contributed by atoms with E-state index in [2.05, 4.69) is 4.18 Å². The average molecular weight is 324 g/mol. The van der Waals surface area contributed by atoms with Gasteiger partial charge in [0.25, 0.3) is 0 Å². The fourth-order valence-corrected chi connectivity index (χ4v) is 2.02. The van der Waals surface area contributed by atoms with Crippen LogP contribution in [0.2, 0.25) is 0 Å². The molecule has 0 saturated heterocycles. The van der Waals surface area contributed by atoms with E-state index in [1.165, 1.54) is 25.3 Å². The minimum absolute atomic E-state index is 0.0105. The van der Waals surface area contributed by atoms with Gasteiger partial charge in [0.05, 0.1) is 13.2 Å². The van der Waals surface area contributed by atoms with E-state index in [-0.39, 0.29) is 16.7 Å². The molecular formula is C11H7F3O6S. The van der Waals surface area contributed by atoms with Gasteiger partial charge in [-0.1, -0.05) is 6.07 Å². The van der Waals surface area contributed by atoms with Gasteiger partial charge in [-0.2, -0.15) is 21.6 Å². The number of methoxy groups -OCH3 is 1. The van der Waals surface area contributed by atoms with E-state index in [1.54, 1.807) is 0 Å². The Morgan fingerprint density at radius 1 is 1.19 bits per heavy atom. The first-order valence-electron chi connectivity index (χ1n) is 5.27. The van der Waals surface area contributed by atoms with Crippen LogP contribution in [0, 0.1) is 0 Å². The van der Waals surface area contributed by atoms with E-state index >= 15 is 0 Å². The molecule has 0 aliphatic carbocycles. The molecule has 0 radical (unpaired) electrons. The summed E-state index contributed by atoms with van der Waals surface area (Å²) in [7, 11) is -4.71. The summed E-state index contributed by atoms with van der Waals surface area (Å²) >= 11 is 0. The molecule has 0 atom stereocenters. The molecule has 0 saturated carbocycles. The minimum Gasteiger partial charge on any atom is -0.496 e. The summed E-state index contributed by atoms with van der Waals surface area (Å²) in [4.78, 5) is 11.3. The lowest BCUT2D eigenvalue weighted by molar-refractivity contribution is -0.0499. The molecule has 0 fully saturated rings. The van der Waals surface area contributed by atoms with Crippen molar-refractivity contribution in [3.63, 3.8) is 0 Å². The fourth-order valence-electron chi connectivity index (χ4n) is 1.56. The summed E-state index contributed by atoms with van der Waals surface area (Å²) in [6.45, 7) is 0. The molecule has 0 amide bonds. The van der Waals surface area contributed by atoms with E-state index in [4.69, 9.17) is 9.15 Å². The normalized spacial score (nSPS) is 12.4. The lowest BCUT2D eigenvalue weighted by atomic mass is 10.2. The molecule has 0 N–H and O–H groups in total. The Hall–Kier alpha value is -2.23. The van der Waals surface area contributed by atoms with Crippen LogP contribution in [0.5, 0.6) is 11.5 Å². The molecular weight excluding hydrogens is 317 g/mol. The summed E-state index contributed by atoms with van der Waals surface area (Å²) in [5, 5.41) is -0.201. The van der Waals surface area contributed by atoms with Crippen LogP contribution >= 0.6 is 0 Å². The highest BCUT2D eigenvalue weighted by Crippen LogP contribution is 2.35. The maximum Gasteiger partial charge on any atom is 0.534 e. The second kappa shape index (κ2) is 4.95. The minimum atomic E-state index is -5.92. The maximum absolute atomic E-state index is 12.4. The van der Waals surface area contributed by atoms with Crippen molar-refractivity contribution in [3.05, 3.63) is 34.7 Å². The Kier molecular flexibility index (Phi) is 3.58. The van der Waals surface area contributed by atoms with E-state index in [0.29, 0.717) is 6.07 Å². The quantitative estimate of drug-likeness (QED) is 0.488. The van der Waals surface area contributed by atoms with Crippen molar-refractivity contribution in [2.75, 3.05) is 7.11 Å². The van der Waals surface area contributed by atoms with Crippen LogP contribution in [0.1, 0.15) is 0 Å². The zero-order valence-electron chi connectivity index (χ0n) is 10.3. The molecule has 1 heterocycles. The topological polar surface area (TPSA) is 82.8 Å². The fraction of sp³-hybridized carbons (Fsp3) is 0.182. The van der Waals surface area contributed by atoms with Crippen molar-refractivity contribution >= 4 is 21.1 Å². The predicted molar refractivity (Wildman–Crippen MR) is 64.6 cm³/mol. The van der Waals surface area contributed by atoms with Gasteiger partial charge in [-0.05, 0) is 12.1 Å². The highest BCUT2D eigenvalue weighted by molar-refractivity contribution is 7.88. The summed E-state index contributed by atoms with van der Waals surface area (Å²) in [5.74, 6) is -0.834. The molecule has 21 heavy (non-hydrogen) atoms. The van der Waals surface area contributed by atoms with Gasteiger partial charge in [-0.3, -0.25) is 0 Å². The third-order valence-corrected chi connectivity index (χ3v) is 3.36. The summed E-state index contributed by atoms with van der Waals surface area (Å²) in [6, 6.07) is 4.50. The Labute approximate surface area is 115 Å². The maximum atomic E-state index is 12.4. The van der Waals surface area contributed by atoms with Crippen molar-refractivity contribution in [2.24, 2.45) is 0 Å². The lowest BCUT2D eigenvalue weighted by Gasteiger charge is -2.12. The van der Waals surface area contributed by atoms with E-state index in [1.807, 2.05) is 0 Å². The number of benzene rings is 1. The molecule has 10 heteroatoms. The van der Waals surface area contributed by atoms with Crippen LogP contribution < -0.4 is 14.5 Å². The molecule has 0 aliphatic rings. The Balaban J connectivity index is 2.72. The summed E-state index contributed by atoms with van der Waals surface area (Å²) in [5.41, 5.74) is -6.87. The first-order valence-corrected chi connectivity index (χ1v) is 6.68. The summed E-state index contributed by atoms with van der Waals surface area (Å²) < 4.78 is 72.8. The van der Waals surface area contributed by atoms with Crippen LogP contribution in [-0.2, 0) is 10.1 Å². The van der Waals surface area contributed by atoms with Crippen LogP contribution in [0.4, 0.5) is 13.2 Å². The Bertz CT molecular complexity index is 837. The van der Waals surface area contributed by atoms with Gasteiger partial charge in [0.1, 0.15) is 16.7 Å². The predicted octanol–water partition coefficient (Wildman–Crippen LogP) is 2.03. The van der Waals surface area contributed by atoms with Gasteiger partial charge in [-0.25, -0.2) is 4.79 Å². The molecule has 0 aliphatic heterocycles. The van der Waals surface area contributed by atoms with Gasteiger partial charge in [-0.15, -0.1) is 0 Å². The molecule has 0 bridgehead atoms. The number of fused-ring (bicyclic) bond motifs is 1. The van der Waals surface area contributed by atoms with Crippen molar-refractivity contribution in [2.45, 2.75) is 5.51 Å². The zero-order chi connectivity index (χ0) is 15.8. The Morgan fingerprint density at radius 2 is 1.86 bits per heavy atom. The highest BCUT2D eigenvalue weighted by atomic mass is 32.2. The number of rotatable bonds is 3. The van der Waals surface area contributed by atoms with Gasteiger partial charge >= 0.3 is 21.3 Å². The first-order chi connectivity index (χ1) is 9.65. The molecule has 2 aromatic rings. The molecule has 1 aromatic carbocycles. The third-order valence-electron chi connectivity index (χ3n) is 2.40. The van der Waals surface area contributed by atoms with Crippen molar-refractivity contribution in [1.82, 2.24) is 0 Å². The number of hydrogen-bond acceptors (Lipinski definition) is 6. The average Bonchev–Trinajstić information content (AvgIpc) is 2.35. The summed E-state index contributed by atoms with van der Waals surface area (Å²) in [6.07, 6.45) is 0. The van der Waals surface area contributed by atoms with Crippen LogP contribution in [-0.4, -0.2) is 21.0 Å². The zero-order valence-corrected chi connectivity index (χ0v) is 11.1. The monoisotopic (exact) mass is 324 g/mol. The number of halogens is 3. The van der Waals surface area contributed by atoms with E-state index in [0.717, 1.165) is 0 Å². The van der Waals surface area contributed by atoms with E-state index < -0.39 is 27.0 Å². The third kappa shape index (κ3) is 2.79. The van der Waals surface area contributed by atoms with Gasteiger partial charge in [0, 0.05) is 0 Å².